The van der Waals surface area contributed by atoms with E-state index in [4.69, 9.17) is 10.2 Å². The average molecular weight is 327 g/mol. The highest BCUT2D eigenvalue weighted by molar-refractivity contribution is 5.94. The minimum atomic E-state index is -0.512. The Bertz CT molecular complexity index is 641. The Labute approximate surface area is 135 Å². The van der Waals surface area contributed by atoms with Crippen LogP contribution in [0.5, 0.6) is 0 Å². The summed E-state index contributed by atoms with van der Waals surface area (Å²) in [6.45, 7) is 4.32. The molecule has 1 aromatic heterocycles. The summed E-state index contributed by atoms with van der Waals surface area (Å²) in [5.74, 6) is 0.0156. The Morgan fingerprint density at radius 2 is 2.05 bits per heavy atom. The summed E-state index contributed by atoms with van der Waals surface area (Å²) in [4.78, 5) is 12.0. The molecule has 0 fully saturated rings. The van der Waals surface area contributed by atoms with Crippen LogP contribution >= 0.6 is 12.4 Å². The minimum absolute atomic E-state index is 0. The Morgan fingerprint density at radius 1 is 1.36 bits per heavy atom. The Hall–Kier alpha value is -1.85. The van der Waals surface area contributed by atoms with E-state index < -0.39 is 5.41 Å². The van der Waals surface area contributed by atoms with Gasteiger partial charge in [0.1, 0.15) is 17.8 Å². The van der Waals surface area contributed by atoms with Crippen LogP contribution in [0.4, 0.5) is 4.39 Å². The second kappa shape index (κ2) is 7.42. The van der Waals surface area contributed by atoms with Gasteiger partial charge in [-0.2, -0.15) is 0 Å². The van der Waals surface area contributed by atoms with Gasteiger partial charge < -0.3 is 15.5 Å². The summed E-state index contributed by atoms with van der Waals surface area (Å²) in [5.41, 5.74) is 5.91. The van der Waals surface area contributed by atoms with Crippen LogP contribution in [-0.4, -0.2) is 12.5 Å². The van der Waals surface area contributed by atoms with Crippen LogP contribution in [-0.2, 0) is 12.0 Å². The van der Waals surface area contributed by atoms with Crippen LogP contribution in [0, 0.1) is 5.82 Å². The third-order valence-electron chi connectivity index (χ3n) is 3.41. The van der Waals surface area contributed by atoms with Crippen molar-refractivity contribution >= 4 is 18.3 Å². The molecule has 0 aliphatic heterocycles. The summed E-state index contributed by atoms with van der Waals surface area (Å²) in [6.07, 6.45) is 1.37. The van der Waals surface area contributed by atoms with Crippen molar-refractivity contribution in [3.8, 4) is 0 Å². The van der Waals surface area contributed by atoms with E-state index in [2.05, 4.69) is 5.32 Å². The molecule has 0 spiro atoms. The van der Waals surface area contributed by atoms with Crippen molar-refractivity contribution in [3.63, 3.8) is 0 Å². The van der Waals surface area contributed by atoms with E-state index in [9.17, 15) is 9.18 Å². The number of rotatable bonds is 5. The second-order valence-electron chi connectivity index (χ2n) is 5.55. The first-order chi connectivity index (χ1) is 9.94. The Kier molecular flexibility index (Phi) is 6.14. The topological polar surface area (TPSA) is 68.3 Å². The van der Waals surface area contributed by atoms with Gasteiger partial charge in [0.05, 0.1) is 12.1 Å². The van der Waals surface area contributed by atoms with E-state index in [1.807, 2.05) is 13.8 Å². The summed E-state index contributed by atoms with van der Waals surface area (Å²) >= 11 is 0. The third-order valence-corrected chi connectivity index (χ3v) is 3.41. The monoisotopic (exact) mass is 326 g/mol. The van der Waals surface area contributed by atoms with Crippen LogP contribution in [0.1, 0.15) is 35.5 Å². The fourth-order valence-electron chi connectivity index (χ4n) is 2.12. The van der Waals surface area contributed by atoms with Crippen LogP contribution < -0.4 is 11.1 Å². The van der Waals surface area contributed by atoms with Crippen LogP contribution in [0.2, 0.25) is 0 Å². The molecule has 1 aromatic carbocycles. The Morgan fingerprint density at radius 3 is 2.64 bits per heavy atom. The molecular weight excluding hydrogens is 307 g/mol. The van der Waals surface area contributed by atoms with E-state index in [1.165, 1.54) is 12.3 Å². The largest absolute Gasteiger partial charge is 0.467 e. The molecule has 4 nitrogen and oxygen atoms in total. The molecule has 22 heavy (non-hydrogen) atoms. The van der Waals surface area contributed by atoms with Crippen LogP contribution in [0.25, 0.3) is 0 Å². The van der Waals surface area contributed by atoms with Crippen molar-refractivity contribution in [2.24, 2.45) is 5.73 Å². The zero-order valence-corrected chi connectivity index (χ0v) is 13.4. The third kappa shape index (κ3) is 4.08. The zero-order chi connectivity index (χ0) is 15.5. The first kappa shape index (κ1) is 18.2. The molecular formula is C16H20ClFN2O2. The van der Waals surface area contributed by atoms with E-state index in [0.717, 1.165) is 0 Å². The standard InChI is InChI=1S/C16H19FN2O2.ClH/c1-16(2,13-5-3-4-6-14(13)17)10-19-15(20)11-7-12(8-18)21-9-11;/h3-7,9H,8,10,18H2,1-2H3,(H,19,20);1H. The van der Waals surface area contributed by atoms with Crippen molar-refractivity contribution in [1.82, 2.24) is 5.32 Å². The molecule has 0 radical (unpaired) electrons. The lowest BCUT2D eigenvalue weighted by Crippen LogP contribution is -2.37. The predicted molar refractivity (Wildman–Crippen MR) is 85.6 cm³/mol. The highest BCUT2D eigenvalue weighted by Crippen LogP contribution is 2.24. The number of hydrogen-bond acceptors (Lipinski definition) is 3. The van der Waals surface area contributed by atoms with Crippen molar-refractivity contribution in [1.29, 1.82) is 0 Å². The molecule has 1 heterocycles. The number of carbonyl (C=O) groups is 1. The van der Waals surface area contributed by atoms with Gasteiger partial charge in [0.15, 0.2) is 0 Å². The van der Waals surface area contributed by atoms with Gasteiger partial charge in [0.25, 0.3) is 5.91 Å². The van der Waals surface area contributed by atoms with Gasteiger partial charge in [0.2, 0.25) is 0 Å². The summed E-state index contributed by atoms with van der Waals surface area (Å²) < 4.78 is 19.0. The van der Waals surface area contributed by atoms with Crippen molar-refractivity contribution < 1.29 is 13.6 Å². The molecule has 3 N–H and O–H groups in total. The smallest absolute Gasteiger partial charge is 0.254 e. The van der Waals surface area contributed by atoms with Crippen molar-refractivity contribution in [2.75, 3.05) is 6.54 Å². The number of benzene rings is 1. The first-order valence-corrected chi connectivity index (χ1v) is 6.75. The Balaban J connectivity index is 0.00000242. The van der Waals surface area contributed by atoms with E-state index >= 15 is 0 Å². The van der Waals surface area contributed by atoms with Gasteiger partial charge >= 0.3 is 0 Å². The lowest BCUT2D eigenvalue weighted by molar-refractivity contribution is 0.0944. The number of hydrogen-bond donors (Lipinski definition) is 2. The molecule has 1 amide bonds. The minimum Gasteiger partial charge on any atom is -0.467 e. The average Bonchev–Trinajstić information content (AvgIpc) is 2.94. The summed E-state index contributed by atoms with van der Waals surface area (Å²) in [5, 5.41) is 2.80. The first-order valence-electron chi connectivity index (χ1n) is 6.75. The molecule has 6 heteroatoms. The number of nitrogens with two attached hydrogens (primary N) is 1. The molecule has 2 aromatic rings. The normalized spacial score (nSPS) is 10.9. The SMILES string of the molecule is CC(C)(CNC(=O)c1coc(CN)c1)c1ccccc1F.Cl. The number of nitrogens with one attached hydrogen (secondary N) is 1. The van der Waals surface area contributed by atoms with Gasteiger partial charge in [-0.05, 0) is 17.7 Å². The fourth-order valence-corrected chi connectivity index (χ4v) is 2.12. The molecule has 0 atom stereocenters. The van der Waals surface area contributed by atoms with Crippen molar-refractivity contribution in [3.05, 3.63) is 59.3 Å². The highest BCUT2D eigenvalue weighted by atomic mass is 35.5. The molecule has 0 aliphatic carbocycles. The lowest BCUT2D eigenvalue weighted by atomic mass is 9.84. The van der Waals surface area contributed by atoms with Gasteiger partial charge in [0, 0.05) is 12.0 Å². The zero-order valence-electron chi connectivity index (χ0n) is 12.6. The summed E-state index contributed by atoms with van der Waals surface area (Å²) in [7, 11) is 0. The molecule has 0 saturated carbocycles. The van der Waals surface area contributed by atoms with E-state index in [1.54, 1.807) is 24.3 Å². The summed E-state index contributed by atoms with van der Waals surface area (Å²) in [6, 6.07) is 8.18. The second-order valence-corrected chi connectivity index (χ2v) is 5.55. The van der Waals surface area contributed by atoms with Crippen LogP contribution in [0.15, 0.2) is 41.0 Å². The highest BCUT2D eigenvalue weighted by Gasteiger charge is 2.25. The van der Waals surface area contributed by atoms with Crippen molar-refractivity contribution in [2.45, 2.75) is 25.8 Å². The van der Waals surface area contributed by atoms with Gasteiger partial charge in [-0.1, -0.05) is 32.0 Å². The molecule has 0 bridgehead atoms. The lowest BCUT2D eigenvalue weighted by Gasteiger charge is -2.26. The molecule has 0 saturated heterocycles. The van der Waals surface area contributed by atoms with Gasteiger partial charge in [-0.3, -0.25) is 4.79 Å². The molecule has 0 aliphatic rings. The maximum atomic E-state index is 13.8. The predicted octanol–water partition coefficient (Wildman–Crippen LogP) is 3.01. The fraction of sp³-hybridized carbons (Fsp3) is 0.312. The van der Waals surface area contributed by atoms with Gasteiger partial charge in [-0.25, -0.2) is 4.39 Å². The number of furan rings is 1. The molecule has 120 valence electrons. The molecule has 2 rings (SSSR count). The molecule has 0 unspecified atom stereocenters. The maximum absolute atomic E-state index is 13.8. The van der Waals surface area contributed by atoms with E-state index in [0.29, 0.717) is 23.4 Å². The van der Waals surface area contributed by atoms with Crippen LogP contribution in [0.3, 0.4) is 0 Å². The number of halogens is 2. The van der Waals surface area contributed by atoms with Gasteiger partial charge in [-0.15, -0.1) is 12.4 Å². The maximum Gasteiger partial charge on any atom is 0.254 e. The quantitative estimate of drug-likeness (QED) is 0.887. The number of amides is 1. The number of carbonyl (C=O) groups excluding carboxylic acids is 1. The van der Waals surface area contributed by atoms with E-state index in [-0.39, 0.29) is 30.7 Å².